The summed E-state index contributed by atoms with van der Waals surface area (Å²) in [7, 11) is 1.52. The second-order valence-corrected chi connectivity index (χ2v) is 3.13. The van der Waals surface area contributed by atoms with E-state index in [0.717, 1.165) is 0 Å². The Balaban J connectivity index is 2.71. The highest BCUT2D eigenvalue weighted by Crippen LogP contribution is 2.30. The van der Waals surface area contributed by atoms with Crippen LogP contribution in [0.4, 0.5) is 5.69 Å². The van der Waals surface area contributed by atoms with E-state index in [1.54, 1.807) is 12.1 Å². The Morgan fingerprint density at radius 3 is 2.87 bits per heavy atom. The Morgan fingerprint density at radius 1 is 1.53 bits per heavy atom. The molecule has 5 heteroatoms. The number of fused-ring (bicyclic) bond motifs is 1. The Morgan fingerprint density at radius 2 is 2.27 bits per heavy atom. The number of carboxylic acids is 1. The van der Waals surface area contributed by atoms with Crippen molar-refractivity contribution < 1.29 is 14.6 Å². The average Bonchev–Trinajstić information content (AvgIpc) is 2.63. The summed E-state index contributed by atoms with van der Waals surface area (Å²) in [6, 6.07) is 4.92. The second kappa shape index (κ2) is 3.20. The summed E-state index contributed by atoms with van der Waals surface area (Å²) in [5, 5.41) is 9.46. The number of carboxylic acid groups (broad SMARTS) is 1. The van der Waals surface area contributed by atoms with Crippen LogP contribution in [0.15, 0.2) is 18.2 Å². The third-order valence-electron chi connectivity index (χ3n) is 2.26. The Hall–Kier alpha value is -2.17. The molecule has 1 heterocycles. The fourth-order valence-corrected chi connectivity index (χ4v) is 1.50. The predicted octanol–water partition coefficient (Wildman–Crippen LogP) is 1.46. The maximum atomic E-state index is 10.7. The van der Waals surface area contributed by atoms with Crippen molar-refractivity contribution in [1.29, 1.82) is 0 Å². The molecule has 15 heavy (non-hydrogen) atoms. The molecule has 0 fully saturated rings. The van der Waals surface area contributed by atoms with Crippen molar-refractivity contribution in [2.24, 2.45) is 0 Å². The monoisotopic (exact) mass is 206 g/mol. The van der Waals surface area contributed by atoms with Crippen LogP contribution in [0.5, 0.6) is 5.75 Å². The van der Waals surface area contributed by atoms with E-state index >= 15 is 0 Å². The van der Waals surface area contributed by atoms with Gasteiger partial charge in [-0.2, -0.15) is 0 Å². The lowest BCUT2D eigenvalue weighted by molar-refractivity contribution is 0.0691. The molecule has 0 amide bonds. The van der Waals surface area contributed by atoms with Gasteiger partial charge in [0, 0.05) is 10.9 Å². The molecule has 0 atom stereocenters. The molecule has 0 radical (unpaired) electrons. The first-order valence-corrected chi connectivity index (χ1v) is 4.32. The number of aromatic amines is 1. The maximum Gasteiger partial charge on any atom is 0.352 e. The van der Waals surface area contributed by atoms with E-state index in [9.17, 15) is 4.79 Å². The minimum Gasteiger partial charge on any atom is -0.495 e. The number of anilines is 1. The number of hydrogen-bond acceptors (Lipinski definition) is 3. The van der Waals surface area contributed by atoms with Gasteiger partial charge in [0.2, 0.25) is 0 Å². The van der Waals surface area contributed by atoms with Crippen molar-refractivity contribution in [2.75, 3.05) is 12.8 Å². The van der Waals surface area contributed by atoms with Gasteiger partial charge in [-0.1, -0.05) is 0 Å². The van der Waals surface area contributed by atoms with Crippen LogP contribution in [-0.2, 0) is 0 Å². The third kappa shape index (κ3) is 1.38. The molecule has 0 saturated heterocycles. The minimum absolute atomic E-state index is 0.116. The van der Waals surface area contributed by atoms with Gasteiger partial charge in [0.15, 0.2) is 0 Å². The van der Waals surface area contributed by atoms with Gasteiger partial charge in [-0.05, 0) is 18.2 Å². The standard InChI is InChI=1S/C10H10N2O3/c1-15-8-3-2-6-5(9(8)11)4-7(12-6)10(13)14/h2-4,12H,11H2,1H3,(H,13,14). The van der Waals surface area contributed by atoms with Crippen LogP contribution in [0.1, 0.15) is 10.5 Å². The fraction of sp³-hybridized carbons (Fsp3) is 0.100. The number of rotatable bonds is 2. The number of nitrogens with two attached hydrogens (primary N) is 1. The molecule has 5 nitrogen and oxygen atoms in total. The van der Waals surface area contributed by atoms with Gasteiger partial charge in [-0.25, -0.2) is 4.79 Å². The number of nitrogen functional groups attached to an aromatic ring is 1. The van der Waals surface area contributed by atoms with E-state index in [1.165, 1.54) is 13.2 Å². The van der Waals surface area contributed by atoms with E-state index in [0.29, 0.717) is 22.3 Å². The van der Waals surface area contributed by atoms with Crippen LogP contribution in [-0.4, -0.2) is 23.2 Å². The van der Waals surface area contributed by atoms with Crippen molar-refractivity contribution >= 4 is 22.6 Å². The molecule has 1 aromatic carbocycles. The number of hydrogen-bond donors (Lipinski definition) is 3. The quantitative estimate of drug-likeness (QED) is 0.649. The van der Waals surface area contributed by atoms with Gasteiger partial charge in [-0.3, -0.25) is 0 Å². The Labute approximate surface area is 85.5 Å². The predicted molar refractivity (Wildman–Crippen MR) is 56.2 cm³/mol. The molecular formula is C10H10N2O3. The third-order valence-corrected chi connectivity index (χ3v) is 2.26. The largest absolute Gasteiger partial charge is 0.495 e. The molecule has 2 aromatic rings. The number of ether oxygens (including phenoxy) is 1. The van der Waals surface area contributed by atoms with Gasteiger partial charge < -0.3 is 20.6 Å². The van der Waals surface area contributed by atoms with Crippen LogP contribution in [0.2, 0.25) is 0 Å². The number of aromatic carboxylic acids is 1. The highest BCUT2D eigenvalue weighted by Gasteiger charge is 2.11. The van der Waals surface area contributed by atoms with Crippen LogP contribution < -0.4 is 10.5 Å². The second-order valence-electron chi connectivity index (χ2n) is 3.13. The number of carbonyl (C=O) groups is 1. The van der Waals surface area contributed by atoms with E-state index in [4.69, 9.17) is 15.6 Å². The zero-order valence-electron chi connectivity index (χ0n) is 8.07. The summed E-state index contributed by atoms with van der Waals surface area (Å²) in [6.45, 7) is 0. The van der Waals surface area contributed by atoms with Gasteiger partial charge in [0.05, 0.1) is 12.8 Å². The number of nitrogens with one attached hydrogen (secondary N) is 1. The number of aromatic nitrogens is 1. The van der Waals surface area contributed by atoms with Crippen molar-refractivity contribution in [1.82, 2.24) is 4.98 Å². The first kappa shape index (κ1) is 9.39. The zero-order chi connectivity index (χ0) is 11.0. The van der Waals surface area contributed by atoms with Crippen molar-refractivity contribution in [3.8, 4) is 5.75 Å². The lowest BCUT2D eigenvalue weighted by Crippen LogP contribution is -1.94. The molecule has 1 aromatic heterocycles. The number of benzene rings is 1. The van der Waals surface area contributed by atoms with E-state index in [2.05, 4.69) is 4.98 Å². The van der Waals surface area contributed by atoms with Crippen LogP contribution in [0.25, 0.3) is 10.9 Å². The molecule has 2 rings (SSSR count). The molecule has 0 saturated carbocycles. The van der Waals surface area contributed by atoms with Crippen LogP contribution >= 0.6 is 0 Å². The summed E-state index contributed by atoms with van der Waals surface area (Å²) in [4.78, 5) is 13.5. The smallest absolute Gasteiger partial charge is 0.352 e. The van der Waals surface area contributed by atoms with Gasteiger partial charge >= 0.3 is 5.97 Å². The average molecular weight is 206 g/mol. The molecule has 0 aliphatic rings. The highest BCUT2D eigenvalue weighted by atomic mass is 16.5. The first-order chi connectivity index (χ1) is 7.13. The first-order valence-electron chi connectivity index (χ1n) is 4.32. The minimum atomic E-state index is -1.01. The molecule has 0 spiro atoms. The lowest BCUT2D eigenvalue weighted by Gasteiger charge is -2.03. The fourth-order valence-electron chi connectivity index (χ4n) is 1.50. The van der Waals surface area contributed by atoms with Crippen molar-refractivity contribution in [3.63, 3.8) is 0 Å². The molecule has 0 bridgehead atoms. The van der Waals surface area contributed by atoms with Crippen molar-refractivity contribution in [2.45, 2.75) is 0 Å². The lowest BCUT2D eigenvalue weighted by atomic mass is 10.2. The number of H-pyrrole nitrogens is 1. The molecule has 4 N–H and O–H groups in total. The molecule has 0 aliphatic carbocycles. The van der Waals surface area contributed by atoms with Crippen LogP contribution in [0.3, 0.4) is 0 Å². The highest BCUT2D eigenvalue weighted by molar-refractivity contribution is 6.00. The molecular weight excluding hydrogens is 196 g/mol. The normalized spacial score (nSPS) is 10.5. The van der Waals surface area contributed by atoms with Crippen LogP contribution in [0, 0.1) is 0 Å². The van der Waals surface area contributed by atoms with Gasteiger partial charge in [0.25, 0.3) is 0 Å². The van der Waals surface area contributed by atoms with E-state index in [-0.39, 0.29) is 5.69 Å². The zero-order valence-corrected chi connectivity index (χ0v) is 8.07. The summed E-state index contributed by atoms with van der Waals surface area (Å²) < 4.78 is 5.04. The maximum absolute atomic E-state index is 10.7. The molecule has 0 aliphatic heterocycles. The summed E-state index contributed by atoms with van der Waals surface area (Å²) in [5.41, 5.74) is 7.05. The summed E-state index contributed by atoms with van der Waals surface area (Å²) in [6.07, 6.45) is 0. The number of methoxy groups -OCH3 is 1. The summed E-state index contributed by atoms with van der Waals surface area (Å²) in [5.74, 6) is -0.469. The Bertz CT molecular complexity index is 531. The summed E-state index contributed by atoms with van der Waals surface area (Å²) >= 11 is 0. The van der Waals surface area contributed by atoms with E-state index < -0.39 is 5.97 Å². The van der Waals surface area contributed by atoms with E-state index in [1.807, 2.05) is 0 Å². The topological polar surface area (TPSA) is 88.3 Å². The van der Waals surface area contributed by atoms with Crippen molar-refractivity contribution in [3.05, 3.63) is 23.9 Å². The molecule has 78 valence electrons. The molecule has 0 unspecified atom stereocenters. The Kier molecular flexibility index (Phi) is 2.00. The van der Waals surface area contributed by atoms with Gasteiger partial charge in [0.1, 0.15) is 11.4 Å². The SMILES string of the molecule is COc1ccc2[nH]c(C(=O)O)cc2c1N. The van der Waals surface area contributed by atoms with Gasteiger partial charge in [-0.15, -0.1) is 0 Å².